The normalized spacial score (nSPS) is 15.5. The lowest BCUT2D eigenvalue weighted by Crippen LogP contribution is -2.37. The van der Waals surface area contributed by atoms with Gasteiger partial charge in [0, 0.05) is 12.6 Å². The van der Waals surface area contributed by atoms with Crippen LogP contribution in [-0.2, 0) is 17.9 Å². The molecular weight excluding hydrogens is 306 g/mol. The third kappa shape index (κ3) is 2.31. The second kappa shape index (κ2) is 5.81. The minimum atomic E-state index is -0.269. The molecule has 0 aliphatic heterocycles. The maximum atomic E-state index is 12.7. The summed E-state index contributed by atoms with van der Waals surface area (Å²) in [4.78, 5) is 24.9. The number of aromatic nitrogens is 4. The van der Waals surface area contributed by atoms with Gasteiger partial charge in [-0.15, -0.1) is 5.10 Å². The van der Waals surface area contributed by atoms with Gasteiger partial charge in [-0.25, -0.2) is 13.9 Å². The van der Waals surface area contributed by atoms with Gasteiger partial charge in [-0.1, -0.05) is 25.0 Å². The van der Waals surface area contributed by atoms with Gasteiger partial charge in [-0.3, -0.25) is 4.79 Å². The van der Waals surface area contributed by atoms with E-state index in [0.29, 0.717) is 12.3 Å². The van der Waals surface area contributed by atoms with Gasteiger partial charge >= 0.3 is 5.69 Å². The first-order chi connectivity index (χ1) is 11.7. The number of hydrogen-bond acceptors (Lipinski definition) is 3. The Bertz CT molecular complexity index is 959. The zero-order chi connectivity index (χ0) is 16.7. The van der Waals surface area contributed by atoms with Gasteiger partial charge in [-0.2, -0.15) is 0 Å². The summed E-state index contributed by atoms with van der Waals surface area (Å²) >= 11 is 0. The lowest BCUT2D eigenvalue weighted by molar-refractivity contribution is -0.122. The second-order valence-corrected chi connectivity index (χ2v) is 6.36. The summed E-state index contributed by atoms with van der Waals surface area (Å²) in [6.07, 6.45) is 4.37. The van der Waals surface area contributed by atoms with E-state index in [1.165, 1.54) is 4.68 Å². The highest BCUT2D eigenvalue weighted by molar-refractivity contribution is 5.80. The Kier molecular flexibility index (Phi) is 3.63. The van der Waals surface area contributed by atoms with E-state index in [1.807, 2.05) is 35.8 Å². The molecular formula is C17H21N5O2. The van der Waals surface area contributed by atoms with Gasteiger partial charge in [0.1, 0.15) is 6.54 Å². The van der Waals surface area contributed by atoms with Crippen LogP contribution in [0.2, 0.25) is 0 Å². The summed E-state index contributed by atoms with van der Waals surface area (Å²) in [5.41, 5.74) is 1.53. The number of carbonyl (C=O) groups excluding carboxylic acids is 1. The van der Waals surface area contributed by atoms with Crippen molar-refractivity contribution in [2.75, 3.05) is 0 Å². The van der Waals surface area contributed by atoms with Gasteiger partial charge in [0.15, 0.2) is 0 Å². The van der Waals surface area contributed by atoms with Gasteiger partial charge < -0.3 is 9.88 Å². The molecule has 0 atom stereocenters. The van der Waals surface area contributed by atoms with Crippen LogP contribution in [0.3, 0.4) is 0 Å². The molecule has 1 aliphatic carbocycles. The molecule has 126 valence electrons. The molecule has 1 amide bonds. The van der Waals surface area contributed by atoms with Crippen LogP contribution in [0.15, 0.2) is 29.1 Å². The molecule has 0 spiro atoms. The zero-order valence-electron chi connectivity index (χ0n) is 13.7. The molecule has 7 heteroatoms. The number of hydrogen-bond donors (Lipinski definition) is 1. The molecule has 3 aromatic rings. The summed E-state index contributed by atoms with van der Waals surface area (Å²) in [7, 11) is 0. The third-order valence-electron chi connectivity index (χ3n) is 4.81. The molecule has 1 saturated carbocycles. The van der Waals surface area contributed by atoms with E-state index in [9.17, 15) is 9.59 Å². The maximum Gasteiger partial charge on any atom is 0.352 e. The minimum Gasteiger partial charge on any atom is -0.352 e. The number of amides is 1. The predicted molar refractivity (Wildman–Crippen MR) is 91.0 cm³/mol. The van der Waals surface area contributed by atoms with E-state index in [2.05, 4.69) is 10.4 Å². The summed E-state index contributed by atoms with van der Waals surface area (Å²) in [5, 5.41) is 7.41. The quantitative estimate of drug-likeness (QED) is 0.790. The first kappa shape index (κ1) is 15.0. The van der Waals surface area contributed by atoms with Crippen molar-refractivity contribution in [2.24, 2.45) is 0 Å². The topological polar surface area (TPSA) is 73.3 Å². The van der Waals surface area contributed by atoms with Crippen molar-refractivity contribution in [3.8, 4) is 0 Å². The SMILES string of the molecule is CCn1c2ccccc2n2c(=O)n(CC(=O)NC3CCCC3)nc12. The average molecular weight is 327 g/mol. The molecule has 2 aromatic heterocycles. The molecule has 1 N–H and O–H groups in total. The number of imidazole rings is 1. The van der Waals surface area contributed by atoms with Crippen molar-refractivity contribution in [1.82, 2.24) is 24.1 Å². The summed E-state index contributed by atoms with van der Waals surface area (Å²) in [5.74, 6) is 0.439. The fourth-order valence-electron chi connectivity index (χ4n) is 3.67. The zero-order valence-corrected chi connectivity index (χ0v) is 13.7. The Morgan fingerprint density at radius 2 is 1.96 bits per heavy atom. The maximum absolute atomic E-state index is 12.7. The predicted octanol–water partition coefficient (Wildman–Crippen LogP) is 1.53. The van der Waals surface area contributed by atoms with Crippen LogP contribution in [0.1, 0.15) is 32.6 Å². The molecule has 24 heavy (non-hydrogen) atoms. The van der Waals surface area contributed by atoms with Crippen molar-refractivity contribution in [3.05, 3.63) is 34.7 Å². The van der Waals surface area contributed by atoms with Crippen LogP contribution in [0.4, 0.5) is 0 Å². The van der Waals surface area contributed by atoms with Crippen LogP contribution in [0.5, 0.6) is 0 Å². The smallest absolute Gasteiger partial charge is 0.352 e. The molecule has 1 fully saturated rings. The van der Waals surface area contributed by atoms with E-state index < -0.39 is 0 Å². The van der Waals surface area contributed by atoms with Crippen LogP contribution >= 0.6 is 0 Å². The van der Waals surface area contributed by atoms with E-state index >= 15 is 0 Å². The van der Waals surface area contributed by atoms with Gasteiger partial charge in [0.2, 0.25) is 11.7 Å². The van der Waals surface area contributed by atoms with Crippen LogP contribution in [0, 0.1) is 0 Å². The van der Waals surface area contributed by atoms with Crippen LogP contribution < -0.4 is 11.0 Å². The first-order valence-corrected chi connectivity index (χ1v) is 8.55. The lowest BCUT2D eigenvalue weighted by Gasteiger charge is -2.11. The summed E-state index contributed by atoms with van der Waals surface area (Å²) < 4.78 is 4.84. The van der Waals surface area contributed by atoms with Crippen LogP contribution in [-0.4, -0.2) is 30.7 Å². The lowest BCUT2D eigenvalue weighted by atomic mass is 10.2. The van der Waals surface area contributed by atoms with E-state index in [4.69, 9.17) is 0 Å². The summed E-state index contributed by atoms with van der Waals surface area (Å²) in [6.45, 7) is 2.69. The van der Waals surface area contributed by atoms with Crippen molar-refractivity contribution < 1.29 is 4.79 Å². The molecule has 0 unspecified atom stereocenters. The Labute approximate surface area is 138 Å². The number of benzene rings is 1. The second-order valence-electron chi connectivity index (χ2n) is 6.36. The Balaban J connectivity index is 1.70. The number of rotatable bonds is 4. The number of fused-ring (bicyclic) bond motifs is 3. The molecule has 0 radical (unpaired) electrons. The van der Waals surface area contributed by atoms with Gasteiger partial charge in [0.05, 0.1) is 11.0 Å². The van der Waals surface area contributed by atoms with E-state index in [1.54, 1.807) is 4.40 Å². The highest BCUT2D eigenvalue weighted by Gasteiger charge is 2.20. The van der Waals surface area contributed by atoms with Crippen molar-refractivity contribution in [3.63, 3.8) is 0 Å². The third-order valence-corrected chi connectivity index (χ3v) is 4.81. The average Bonchev–Trinajstić information content (AvgIpc) is 3.25. The fraction of sp³-hybridized carbons (Fsp3) is 0.471. The molecule has 7 nitrogen and oxygen atoms in total. The Morgan fingerprint density at radius 3 is 2.67 bits per heavy atom. The fourth-order valence-corrected chi connectivity index (χ4v) is 3.67. The molecule has 2 heterocycles. The van der Waals surface area contributed by atoms with Crippen molar-refractivity contribution in [2.45, 2.75) is 51.7 Å². The van der Waals surface area contributed by atoms with Crippen molar-refractivity contribution in [1.29, 1.82) is 0 Å². The molecule has 1 aromatic carbocycles. The standard InChI is InChI=1S/C17H21N5O2/c1-2-20-13-9-5-6-10-14(13)22-16(20)19-21(17(22)24)11-15(23)18-12-7-3-4-8-12/h5-6,9-10,12H,2-4,7-8,11H2,1H3,(H,18,23). The Hall–Kier alpha value is -2.57. The molecule has 4 rings (SSSR count). The molecule has 0 saturated heterocycles. The van der Waals surface area contributed by atoms with Crippen molar-refractivity contribution >= 4 is 22.7 Å². The number of nitrogens with zero attached hydrogens (tertiary/aromatic N) is 4. The molecule has 0 bridgehead atoms. The number of aryl methyl sites for hydroxylation is 1. The first-order valence-electron chi connectivity index (χ1n) is 8.55. The van der Waals surface area contributed by atoms with E-state index in [0.717, 1.165) is 36.7 Å². The van der Waals surface area contributed by atoms with E-state index in [-0.39, 0.29) is 24.2 Å². The van der Waals surface area contributed by atoms with Crippen LogP contribution in [0.25, 0.3) is 16.8 Å². The number of para-hydroxylation sites is 2. The Morgan fingerprint density at radius 1 is 1.25 bits per heavy atom. The monoisotopic (exact) mass is 327 g/mol. The van der Waals surface area contributed by atoms with Gasteiger partial charge in [0.25, 0.3) is 0 Å². The summed E-state index contributed by atoms with van der Waals surface area (Å²) in [6, 6.07) is 7.97. The van der Waals surface area contributed by atoms with Gasteiger partial charge in [-0.05, 0) is 31.9 Å². The number of carbonyl (C=O) groups is 1. The highest BCUT2D eigenvalue weighted by Crippen LogP contribution is 2.18. The minimum absolute atomic E-state index is 0.0327. The number of nitrogens with one attached hydrogen (secondary N) is 1. The largest absolute Gasteiger partial charge is 0.352 e. The molecule has 1 aliphatic rings. The highest BCUT2D eigenvalue weighted by atomic mass is 16.2.